The monoisotopic (exact) mass is 362 g/mol. The van der Waals surface area contributed by atoms with Gasteiger partial charge in [-0.3, -0.25) is 9.59 Å². The van der Waals surface area contributed by atoms with Gasteiger partial charge in [-0.05, 0) is 37.8 Å². The smallest absolute Gasteiger partial charge is 0.309 e. The van der Waals surface area contributed by atoms with Crippen molar-refractivity contribution in [2.75, 3.05) is 19.8 Å². The molecule has 0 bridgehead atoms. The highest BCUT2D eigenvalue weighted by Crippen LogP contribution is 2.40. The van der Waals surface area contributed by atoms with Gasteiger partial charge in [-0.2, -0.15) is 0 Å². The van der Waals surface area contributed by atoms with Crippen molar-refractivity contribution in [2.24, 2.45) is 0 Å². The predicted molar refractivity (Wildman–Crippen MR) is 98.5 cm³/mol. The van der Waals surface area contributed by atoms with Gasteiger partial charge in [0.15, 0.2) is 0 Å². The zero-order chi connectivity index (χ0) is 17.5. The van der Waals surface area contributed by atoms with Crippen LogP contribution in [0.25, 0.3) is 0 Å². The summed E-state index contributed by atoms with van der Waals surface area (Å²) in [6.45, 7) is 1.85. The molecular formula is C19H26N2O3S. The molecule has 1 heterocycles. The Morgan fingerprint density at radius 3 is 2.44 bits per heavy atom. The number of ether oxygens (including phenoxy) is 1. The van der Waals surface area contributed by atoms with Gasteiger partial charge in [0.1, 0.15) is 0 Å². The summed E-state index contributed by atoms with van der Waals surface area (Å²) >= 11 is 1.77. The molecule has 0 aromatic heterocycles. The fourth-order valence-electron chi connectivity index (χ4n) is 3.44. The maximum Gasteiger partial charge on any atom is 0.309 e. The Kier molecular flexibility index (Phi) is 6.37. The molecule has 0 radical (unpaired) electrons. The fraction of sp³-hybridized carbons (Fsp3) is 0.579. The summed E-state index contributed by atoms with van der Waals surface area (Å²) in [4.78, 5) is 25.5. The quantitative estimate of drug-likeness (QED) is 0.790. The maximum atomic E-state index is 12.2. The molecule has 1 aliphatic heterocycles. The summed E-state index contributed by atoms with van der Waals surface area (Å²) < 4.78 is 5.38. The van der Waals surface area contributed by atoms with Gasteiger partial charge in [0.2, 0.25) is 0 Å². The number of amides is 2. The summed E-state index contributed by atoms with van der Waals surface area (Å²) in [6.07, 6.45) is 5.93. The van der Waals surface area contributed by atoms with Crippen LogP contribution in [0.2, 0.25) is 0 Å². The van der Waals surface area contributed by atoms with Crippen molar-refractivity contribution < 1.29 is 14.3 Å². The molecule has 5 nitrogen and oxygen atoms in total. The lowest BCUT2D eigenvalue weighted by Crippen LogP contribution is -2.49. The van der Waals surface area contributed by atoms with Crippen molar-refractivity contribution >= 4 is 23.6 Å². The standard InChI is InChI=1S/C19H26N2O3S/c22-17(18(23)21-15-6-4-5-7-15)20-14-19(10-12-24-13-11-19)25-16-8-2-1-3-9-16/h1-3,8-9,15H,4-7,10-14H2,(H,20,22)(H,21,23). The third kappa shape index (κ3) is 5.22. The van der Waals surface area contributed by atoms with E-state index in [0.717, 1.165) is 38.5 Å². The van der Waals surface area contributed by atoms with E-state index < -0.39 is 11.8 Å². The Morgan fingerprint density at radius 1 is 1.08 bits per heavy atom. The first-order valence-corrected chi connectivity index (χ1v) is 9.89. The van der Waals surface area contributed by atoms with Crippen LogP contribution >= 0.6 is 11.8 Å². The molecule has 0 unspecified atom stereocenters. The first-order chi connectivity index (χ1) is 12.2. The molecule has 2 fully saturated rings. The summed E-state index contributed by atoms with van der Waals surface area (Å²) in [5, 5.41) is 5.71. The average Bonchev–Trinajstić information content (AvgIpc) is 3.14. The summed E-state index contributed by atoms with van der Waals surface area (Å²) in [5.74, 6) is -1.02. The molecular weight excluding hydrogens is 336 g/mol. The zero-order valence-corrected chi connectivity index (χ0v) is 15.3. The molecule has 25 heavy (non-hydrogen) atoms. The van der Waals surface area contributed by atoms with Gasteiger partial charge in [-0.1, -0.05) is 31.0 Å². The molecule has 2 N–H and O–H groups in total. The zero-order valence-electron chi connectivity index (χ0n) is 14.5. The van der Waals surface area contributed by atoms with Gasteiger partial charge in [0, 0.05) is 35.4 Å². The van der Waals surface area contributed by atoms with Crippen molar-refractivity contribution in [3.63, 3.8) is 0 Å². The SMILES string of the molecule is O=C(NCC1(Sc2ccccc2)CCOCC1)C(=O)NC1CCCC1. The Labute approximate surface area is 153 Å². The van der Waals surface area contributed by atoms with Crippen LogP contribution < -0.4 is 10.6 Å². The number of nitrogens with one attached hydrogen (secondary N) is 2. The largest absolute Gasteiger partial charge is 0.381 e. The van der Waals surface area contributed by atoms with Crippen LogP contribution in [0, 0.1) is 0 Å². The van der Waals surface area contributed by atoms with Gasteiger partial charge < -0.3 is 15.4 Å². The van der Waals surface area contributed by atoms with Gasteiger partial charge in [-0.15, -0.1) is 11.8 Å². The minimum atomic E-state index is -0.522. The van der Waals surface area contributed by atoms with Crippen LogP contribution in [0.15, 0.2) is 35.2 Å². The lowest BCUT2D eigenvalue weighted by atomic mass is 9.99. The molecule has 1 aromatic carbocycles. The molecule has 2 aliphatic rings. The van der Waals surface area contributed by atoms with Gasteiger partial charge in [0.25, 0.3) is 0 Å². The topological polar surface area (TPSA) is 67.4 Å². The molecule has 1 saturated carbocycles. The summed E-state index contributed by atoms with van der Waals surface area (Å²) in [6, 6.07) is 10.4. The second kappa shape index (κ2) is 8.72. The highest BCUT2D eigenvalue weighted by atomic mass is 32.2. The number of benzene rings is 1. The number of carbonyl (C=O) groups excluding carboxylic acids is 2. The number of hydrogen-bond acceptors (Lipinski definition) is 4. The maximum absolute atomic E-state index is 12.2. The highest BCUT2D eigenvalue weighted by Gasteiger charge is 2.35. The lowest BCUT2D eigenvalue weighted by Gasteiger charge is -2.36. The number of hydrogen-bond donors (Lipinski definition) is 2. The average molecular weight is 362 g/mol. The molecule has 2 amide bonds. The molecule has 1 saturated heterocycles. The van der Waals surface area contributed by atoms with E-state index in [2.05, 4.69) is 22.8 Å². The van der Waals surface area contributed by atoms with Crippen LogP contribution in [0.4, 0.5) is 0 Å². The van der Waals surface area contributed by atoms with Gasteiger partial charge in [0.05, 0.1) is 0 Å². The summed E-state index contributed by atoms with van der Waals surface area (Å²) in [7, 11) is 0. The van der Waals surface area contributed by atoms with Crippen molar-refractivity contribution in [3.8, 4) is 0 Å². The second-order valence-electron chi connectivity index (χ2n) is 6.85. The molecule has 1 aromatic rings. The van der Waals surface area contributed by atoms with Crippen molar-refractivity contribution in [1.29, 1.82) is 0 Å². The van der Waals surface area contributed by atoms with Gasteiger partial charge >= 0.3 is 11.8 Å². The number of rotatable bonds is 5. The van der Waals surface area contributed by atoms with E-state index in [1.165, 1.54) is 4.90 Å². The Balaban J connectivity index is 1.56. The van der Waals surface area contributed by atoms with Crippen LogP contribution in [0.5, 0.6) is 0 Å². The van der Waals surface area contributed by atoms with E-state index in [-0.39, 0.29) is 10.8 Å². The third-order valence-electron chi connectivity index (χ3n) is 4.95. The Morgan fingerprint density at radius 2 is 1.76 bits per heavy atom. The highest BCUT2D eigenvalue weighted by molar-refractivity contribution is 8.00. The predicted octanol–water partition coefficient (Wildman–Crippen LogP) is 2.50. The normalized spacial score (nSPS) is 20.2. The van der Waals surface area contributed by atoms with Gasteiger partial charge in [-0.25, -0.2) is 0 Å². The molecule has 1 aliphatic carbocycles. The molecule has 0 spiro atoms. The Hall–Kier alpha value is -1.53. The van der Waals surface area contributed by atoms with E-state index in [1.807, 2.05) is 18.2 Å². The van der Waals surface area contributed by atoms with E-state index in [1.54, 1.807) is 11.8 Å². The molecule has 6 heteroatoms. The van der Waals surface area contributed by atoms with Crippen LogP contribution in [0.3, 0.4) is 0 Å². The Bertz CT molecular complexity index is 582. The molecule has 0 atom stereocenters. The van der Waals surface area contributed by atoms with Crippen molar-refractivity contribution in [2.45, 2.75) is 54.2 Å². The van der Waals surface area contributed by atoms with E-state index in [9.17, 15) is 9.59 Å². The molecule has 136 valence electrons. The van der Waals surface area contributed by atoms with Crippen LogP contribution in [0.1, 0.15) is 38.5 Å². The second-order valence-corrected chi connectivity index (χ2v) is 8.39. The van der Waals surface area contributed by atoms with Crippen LogP contribution in [-0.4, -0.2) is 42.4 Å². The van der Waals surface area contributed by atoms with Crippen molar-refractivity contribution in [1.82, 2.24) is 10.6 Å². The first-order valence-electron chi connectivity index (χ1n) is 9.07. The van der Waals surface area contributed by atoms with E-state index >= 15 is 0 Å². The lowest BCUT2D eigenvalue weighted by molar-refractivity contribution is -0.139. The van der Waals surface area contributed by atoms with E-state index in [4.69, 9.17) is 4.74 Å². The fourth-order valence-corrected chi connectivity index (χ4v) is 4.75. The minimum absolute atomic E-state index is 0.122. The molecule has 3 rings (SSSR count). The first kappa shape index (κ1) is 18.3. The third-order valence-corrected chi connectivity index (χ3v) is 6.44. The van der Waals surface area contributed by atoms with E-state index in [0.29, 0.717) is 19.8 Å². The minimum Gasteiger partial charge on any atom is -0.381 e. The van der Waals surface area contributed by atoms with Crippen LogP contribution in [-0.2, 0) is 14.3 Å². The van der Waals surface area contributed by atoms with Crippen molar-refractivity contribution in [3.05, 3.63) is 30.3 Å². The summed E-state index contributed by atoms with van der Waals surface area (Å²) in [5.41, 5.74) is 0. The number of carbonyl (C=O) groups is 2. The number of thioether (sulfide) groups is 1.